The number of Topliss-reactive ketones (excluding diaryl/α,β-unsaturated/α-hetero) is 1. The Hall–Kier alpha value is -1.41. The van der Waals surface area contributed by atoms with Crippen LogP contribution in [0.1, 0.15) is 26.3 Å². The van der Waals surface area contributed by atoms with Crippen LogP contribution in [0.3, 0.4) is 0 Å². The Balaban J connectivity index is 2.33. The van der Waals surface area contributed by atoms with Gasteiger partial charge in [0.2, 0.25) is 4.33 Å². The highest BCUT2D eigenvalue weighted by atomic mass is 35.5. The van der Waals surface area contributed by atoms with Gasteiger partial charge in [-0.15, -0.1) is 16.0 Å². The second-order valence-corrected chi connectivity index (χ2v) is 12.5. The number of nitrogens with zero attached hydrogens (tertiary/aromatic N) is 2. The Morgan fingerprint density at radius 1 is 0.941 bits per heavy atom. The number of halogens is 5. The summed E-state index contributed by atoms with van der Waals surface area (Å²) in [7, 11) is -4.21. The molecule has 1 unspecified atom stereocenters. The molecule has 5 nitrogen and oxygen atoms in total. The molecule has 1 atom stereocenters. The summed E-state index contributed by atoms with van der Waals surface area (Å²) in [5.41, 5.74) is 0.428. The van der Waals surface area contributed by atoms with Gasteiger partial charge in [0, 0.05) is 16.2 Å². The summed E-state index contributed by atoms with van der Waals surface area (Å²) in [4.78, 5) is 15.5. The van der Waals surface area contributed by atoms with E-state index in [1.807, 2.05) is 0 Å². The van der Waals surface area contributed by atoms with E-state index in [2.05, 4.69) is 9.39 Å². The number of hydrogen-bond acceptors (Lipinski definition) is 3. The molecule has 0 bridgehead atoms. The number of amidine groups is 1. The maximum atomic E-state index is 13.1. The molecule has 34 heavy (non-hydrogen) atoms. The Morgan fingerprint density at radius 2 is 1.50 bits per heavy atom. The van der Waals surface area contributed by atoms with E-state index < -0.39 is 25.0 Å². The molecule has 180 valence electrons. The molecule has 1 aliphatic rings. The van der Waals surface area contributed by atoms with Crippen molar-refractivity contribution in [1.82, 2.24) is 0 Å². The molecule has 0 saturated heterocycles. The molecule has 3 rings (SSSR count). The Morgan fingerprint density at radius 3 is 2.03 bits per heavy atom. The first kappa shape index (κ1) is 27.2. The van der Waals surface area contributed by atoms with Crippen molar-refractivity contribution in [2.24, 2.45) is 15.3 Å². The first-order chi connectivity index (χ1) is 15.7. The van der Waals surface area contributed by atoms with Gasteiger partial charge in [-0.3, -0.25) is 4.79 Å². The molecule has 0 spiro atoms. The normalized spacial score (nSPS) is 22.6. The SMILES string of the molecule is CC(C)C1=C(Cl)C(=NC(=NS(=O)(=O)c2ccc(Cl)cc2)c2ccccc2)C(C)(Cl)C(Cl)(Cl)C1=O. The third-order valence-electron chi connectivity index (χ3n) is 5.15. The van der Waals surface area contributed by atoms with Crippen LogP contribution in [0.4, 0.5) is 0 Å². The van der Waals surface area contributed by atoms with Crippen LogP contribution in [-0.2, 0) is 14.8 Å². The van der Waals surface area contributed by atoms with Crippen molar-refractivity contribution in [2.75, 3.05) is 0 Å². The number of hydrogen-bond donors (Lipinski definition) is 0. The van der Waals surface area contributed by atoms with E-state index in [1.165, 1.54) is 31.2 Å². The molecule has 0 amide bonds. The highest BCUT2D eigenvalue weighted by Gasteiger charge is 2.59. The number of carbonyl (C=O) groups excluding carboxylic acids is 1. The van der Waals surface area contributed by atoms with Gasteiger partial charge >= 0.3 is 0 Å². The van der Waals surface area contributed by atoms with Crippen LogP contribution in [0, 0.1) is 5.92 Å². The lowest BCUT2D eigenvalue weighted by molar-refractivity contribution is -0.117. The zero-order valence-electron chi connectivity index (χ0n) is 18.2. The lowest BCUT2D eigenvalue weighted by Gasteiger charge is -2.40. The van der Waals surface area contributed by atoms with Crippen molar-refractivity contribution < 1.29 is 13.2 Å². The lowest BCUT2D eigenvalue weighted by Crippen LogP contribution is -2.56. The molecule has 2 aromatic rings. The number of rotatable bonds is 4. The first-order valence-electron chi connectivity index (χ1n) is 9.97. The topological polar surface area (TPSA) is 75.9 Å². The van der Waals surface area contributed by atoms with Gasteiger partial charge in [-0.1, -0.05) is 90.6 Å². The highest BCUT2D eigenvalue weighted by Crippen LogP contribution is 2.50. The minimum absolute atomic E-state index is 0.0538. The predicted molar refractivity (Wildman–Crippen MR) is 140 cm³/mol. The van der Waals surface area contributed by atoms with E-state index in [9.17, 15) is 13.2 Å². The molecule has 2 aromatic carbocycles. The number of alkyl halides is 3. The highest BCUT2D eigenvalue weighted by molar-refractivity contribution is 7.90. The van der Waals surface area contributed by atoms with Gasteiger partial charge in [0.05, 0.1) is 15.6 Å². The van der Waals surface area contributed by atoms with Crippen LogP contribution in [-0.4, -0.2) is 35.0 Å². The van der Waals surface area contributed by atoms with Crippen molar-refractivity contribution in [3.05, 3.63) is 75.8 Å². The quantitative estimate of drug-likeness (QED) is 0.226. The number of carbonyl (C=O) groups is 1. The molecule has 0 heterocycles. The molecular formula is C23H19Cl5N2O3S. The summed E-state index contributed by atoms with van der Waals surface area (Å²) in [5, 5.41) is 0.317. The summed E-state index contributed by atoms with van der Waals surface area (Å²) in [6, 6.07) is 13.9. The molecular weight excluding hydrogens is 562 g/mol. The molecule has 1 aliphatic carbocycles. The number of ketones is 1. The van der Waals surface area contributed by atoms with Crippen LogP contribution >= 0.6 is 58.0 Å². The van der Waals surface area contributed by atoms with Gasteiger partial charge in [0.25, 0.3) is 10.0 Å². The molecule has 0 aromatic heterocycles. The fourth-order valence-electron chi connectivity index (χ4n) is 3.24. The molecule has 11 heteroatoms. The third kappa shape index (κ3) is 5.08. The summed E-state index contributed by atoms with van der Waals surface area (Å²) < 4.78 is 28.0. The molecule has 0 radical (unpaired) electrons. The molecule has 0 saturated carbocycles. The van der Waals surface area contributed by atoms with Gasteiger partial charge in [-0.25, -0.2) is 4.99 Å². The van der Waals surface area contributed by atoms with Crippen LogP contribution in [0.15, 0.2) is 79.5 Å². The monoisotopic (exact) mass is 578 g/mol. The van der Waals surface area contributed by atoms with E-state index in [-0.39, 0.29) is 33.0 Å². The van der Waals surface area contributed by atoms with Crippen LogP contribution in [0.5, 0.6) is 0 Å². The second-order valence-electron chi connectivity index (χ2n) is 7.96. The smallest absolute Gasteiger partial charge is 0.284 e. The summed E-state index contributed by atoms with van der Waals surface area (Å²) in [6.07, 6.45) is 0. The van der Waals surface area contributed by atoms with Gasteiger partial charge in [-0.05, 0) is 37.1 Å². The fourth-order valence-corrected chi connectivity index (χ4v) is 5.51. The molecule has 0 fully saturated rings. The van der Waals surface area contributed by atoms with E-state index >= 15 is 0 Å². The largest absolute Gasteiger partial charge is 0.291 e. The first-order valence-corrected chi connectivity index (χ1v) is 13.3. The summed E-state index contributed by atoms with van der Waals surface area (Å²) >= 11 is 32.0. The standard InChI is InChI=1S/C23H19Cl5N2O3S/c1-13(2)17-18(25)19(22(3,26)23(27,28)20(17)31)29-21(14-7-5-4-6-8-14)30-34(32,33)16-11-9-15(24)10-12-16/h4-13H,1-3H3. The van der Waals surface area contributed by atoms with Crippen LogP contribution in [0.2, 0.25) is 5.02 Å². The maximum Gasteiger partial charge on any atom is 0.284 e. The van der Waals surface area contributed by atoms with Gasteiger partial charge in [0.15, 0.2) is 11.6 Å². The van der Waals surface area contributed by atoms with Crippen molar-refractivity contribution in [3.63, 3.8) is 0 Å². The number of benzene rings is 2. The minimum Gasteiger partial charge on any atom is -0.291 e. The summed E-state index contributed by atoms with van der Waals surface area (Å²) in [5.74, 6) is -1.21. The summed E-state index contributed by atoms with van der Waals surface area (Å²) in [6.45, 7) is 4.87. The number of aliphatic imine (C=N–C) groups is 1. The number of sulfonamides is 1. The third-order valence-corrected chi connectivity index (χ3v) is 8.82. The molecule has 0 N–H and O–H groups in total. The zero-order chi connectivity index (χ0) is 25.5. The zero-order valence-corrected chi connectivity index (χ0v) is 22.8. The van der Waals surface area contributed by atoms with Crippen molar-refractivity contribution in [1.29, 1.82) is 0 Å². The lowest BCUT2D eigenvalue weighted by atomic mass is 9.81. The van der Waals surface area contributed by atoms with Crippen molar-refractivity contribution >= 4 is 85.4 Å². The Kier molecular flexibility index (Phi) is 7.93. The van der Waals surface area contributed by atoms with E-state index in [4.69, 9.17) is 58.0 Å². The van der Waals surface area contributed by atoms with E-state index in [1.54, 1.807) is 44.2 Å². The predicted octanol–water partition coefficient (Wildman–Crippen LogP) is 6.82. The Bertz CT molecular complexity index is 1310. The number of allylic oxidation sites excluding steroid dienone is 2. The average Bonchev–Trinajstić information content (AvgIpc) is 2.76. The minimum atomic E-state index is -4.21. The van der Waals surface area contributed by atoms with E-state index in [0.717, 1.165) is 0 Å². The van der Waals surface area contributed by atoms with Crippen molar-refractivity contribution in [2.45, 2.75) is 34.9 Å². The van der Waals surface area contributed by atoms with Crippen LogP contribution < -0.4 is 0 Å². The van der Waals surface area contributed by atoms with E-state index in [0.29, 0.717) is 10.6 Å². The fraction of sp³-hybridized carbons (Fsp3) is 0.261. The van der Waals surface area contributed by atoms with Gasteiger partial charge in [0.1, 0.15) is 4.87 Å². The molecule has 0 aliphatic heterocycles. The second kappa shape index (κ2) is 9.92. The average molecular weight is 581 g/mol. The maximum absolute atomic E-state index is 13.1. The van der Waals surface area contributed by atoms with Gasteiger partial charge in [-0.2, -0.15) is 8.42 Å². The van der Waals surface area contributed by atoms with Crippen LogP contribution in [0.25, 0.3) is 0 Å². The van der Waals surface area contributed by atoms with Gasteiger partial charge < -0.3 is 0 Å². The Labute approximate surface area is 223 Å². The van der Waals surface area contributed by atoms with Crippen molar-refractivity contribution in [3.8, 4) is 0 Å².